The van der Waals surface area contributed by atoms with Crippen molar-refractivity contribution in [3.8, 4) is 33.4 Å². The summed E-state index contributed by atoms with van der Waals surface area (Å²) in [5, 5.41) is 5.58. The maximum Gasteiger partial charge on any atom is 0.146 e. The SMILES string of the molecule is c1ccc(-c2cccc(N(c3ccc(-c4ccccc4)c(-c4ccc5ccccc5c4)c3)c3ccnc4ccc5c6ccccc6oc5c34)c2)cc1. The average molecular weight is 665 g/mol. The van der Waals surface area contributed by atoms with Gasteiger partial charge < -0.3 is 9.32 Å². The second kappa shape index (κ2) is 12.4. The average Bonchev–Trinajstić information content (AvgIpc) is 3.61. The lowest BCUT2D eigenvalue weighted by molar-refractivity contribution is 0.672. The van der Waals surface area contributed by atoms with E-state index in [0.29, 0.717) is 0 Å². The van der Waals surface area contributed by atoms with Crippen molar-refractivity contribution in [2.45, 2.75) is 0 Å². The maximum absolute atomic E-state index is 6.67. The van der Waals surface area contributed by atoms with Gasteiger partial charge in [-0.25, -0.2) is 0 Å². The van der Waals surface area contributed by atoms with E-state index in [9.17, 15) is 0 Å². The Hall–Kier alpha value is -6.97. The predicted molar refractivity (Wildman–Crippen MR) is 218 cm³/mol. The summed E-state index contributed by atoms with van der Waals surface area (Å²) < 4.78 is 6.67. The Morgan fingerprint density at radius 3 is 2.02 bits per heavy atom. The topological polar surface area (TPSA) is 29.3 Å². The van der Waals surface area contributed by atoms with Crippen molar-refractivity contribution in [2.24, 2.45) is 0 Å². The molecule has 0 spiro atoms. The van der Waals surface area contributed by atoms with E-state index in [2.05, 4.69) is 181 Å². The van der Waals surface area contributed by atoms with E-state index in [0.717, 1.165) is 66.6 Å². The minimum absolute atomic E-state index is 0.835. The fourth-order valence-corrected chi connectivity index (χ4v) is 7.61. The molecule has 0 amide bonds. The van der Waals surface area contributed by atoms with Crippen molar-refractivity contribution >= 4 is 60.7 Å². The van der Waals surface area contributed by atoms with Crippen molar-refractivity contribution in [3.05, 3.63) is 194 Å². The number of furan rings is 1. The van der Waals surface area contributed by atoms with Gasteiger partial charge in [0.15, 0.2) is 0 Å². The van der Waals surface area contributed by atoms with E-state index < -0.39 is 0 Å². The molecule has 0 fully saturated rings. The van der Waals surface area contributed by atoms with Gasteiger partial charge in [0, 0.05) is 28.3 Å². The summed E-state index contributed by atoms with van der Waals surface area (Å²) in [6.07, 6.45) is 1.91. The summed E-state index contributed by atoms with van der Waals surface area (Å²) in [5.74, 6) is 0. The zero-order chi connectivity index (χ0) is 34.4. The van der Waals surface area contributed by atoms with Gasteiger partial charge in [-0.2, -0.15) is 0 Å². The number of nitrogens with zero attached hydrogens (tertiary/aromatic N) is 2. The van der Waals surface area contributed by atoms with E-state index in [1.165, 1.54) is 27.5 Å². The third kappa shape index (κ3) is 5.10. The quantitative estimate of drug-likeness (QED) is 0.177. The molecule has 0 saturated heterocycles. The van der Waals surface area contributed by atoms with E-state index >= 15 is 0 Å². The molecule has 0 bridgehead atoms. The molecule has 10 rings (SSSR count). The lowest BCUT2D eigenvalue weighted by Gasteiger charge is -2.28. The zero-order valence-corrected chi connectivity index (χ0v) is 28.3. The Balaban J connectivity index is 1.27. The van der Waals surface area contributed by atoms with E-state index in [4.69, 9.17) is 9.40 Å². The number of rotatable bonds is 6. The third-order valence-corrected chi connectivity index (χ3v) is 10.1. The van der Waals surface area contributed by atoms with Gasteiger partial charge in [0.2, 0.25) is 0 Å². The molecule has 8 aromatic carbocycles. The minimum Gasteiger partial charge on any atom is -0.455 e. The van der Waals surface area contributed by atoms with Gasteiger partial charge in [0.05, 0.1) is 16.6 Å². The molecule has 0 unspecified atom stereocenters. The first-order chi connectivity index (χ1) is 25.8. The molecule has 244 valence electrons. The van der Waals surface area contributed by atoms with Gasteiger partial charge in [-0.15, -0.1) is 0 Å². The van der Waals surface area contributed by atoms with Crippen molar-refractivity contribution < 1.29 is 4.42 Å². The Kier molecular flexibility index (Phi) is 7.14. The monoisotopic (exact) mass is 664 g/mol. The van der Waals surface area contributed by atoms with Crippen molar-refractivity contribution in [2.75, 3.05) is 4.90 Å². The number of para-hydroxylation sites is 1. The van der Waals surface area contributed by atoms with Crippen molar-refractivity contribution in [3.63, 3.8) is 0 Å². The van der Waals surface area contributed by atoms with Crippen LogP contribution in [0.15, 0.2) is 199 Å². The van der Waals surface area contributed by atoms with Crippen LogP contribution >= 0.6 is 0 Å². The van der Waals surface area contributed by atoms with Crippen LogP contribution in [0.5, 0.6) is 0 Å². The normalized spacial score (nSPS) is 11.5. The van der Waals surface area contributed by atoms with Crippen LogP contribution in [0.1, 0.15) is 0 Å². The summed E-state index contributed by atoms with van der Waals surface area (Å²) in [6, 6.07) is 66.8. The number of fused-ring (bicyclic) bond motifs is 6. The number of hydrogen-bond donors (Lipinski definition) is 0. The highest BCUT2D eigenvalue weighted by molar-refractivity contribution is 6.18. The number of aromatic nitrogens is 1. The summed E-state index contributed by atoms with van der Waals surface area (Å²) >= 11 is 0. The lowest BCUT2D eigenvalue weighted by Crippen LogP contribution is -2.11. The van der Waals surface area contributed by atoms with Gasteiger partial charge in [-0.05, 0) is 98.8 Å². The van der Waals surface area contributed by atoms with Crippen molar-refractivity contribution in [1.29, 1.82) is 0 Å². The van der Waals surface area contributed by atoms with E-state index in [-0.39, 0.29) is 0 Å². The Morgan fingerprint density at radius 1 is 0.423 bits per heavy atom. The van der Waals surface area contributed by atoms with E-state index in [1.807, 2.05) is 18.3 Å². The summed E-state index contributed by atoms with van der Waals surface area (Å²) in [7, 11) is 0. The Labute approximate surface area is 301 Å². The van der Waals surface area contributed by atoms with Crippen LogP contribution < -0.4 is 4.90 Å². The molecule has 52 heavy (non-hydrogen) atoms. The van der Waals surface area contributed by atoms with E-state index in [1.54, 1.807) is 0 Å². The molecule has 0 N–H and O–H groups in total. The highest BCUT2D eigenvalue weighted by Crippen LogP contribution is 2.46. The van der Waals surface area contributed by atoms with Gasteiger partial charge in [0.1, 0.15) is 11.2 Å². The fraction of sp³-hybridized carbons (Fsp3) is 0. The van der Waals surface area contributed by atoms with Crippen LogP contribution in [0, 0.1) is 0 Å². The first-order valence-electron chi connectivity index (χ1n) is 17.6. The largest absolute Gasteiger partial charge is 0.455 e. The first-order valence-corrected chi connectivity index (χ1v) is 17.6. The molecule has 2 aromatic heterocycles. The molecular formula is C49H32N2O. The summed E-state index contributed by atoms with van der Waals surface area (Å²) in [4.78, 5) is 7.22. The molecular weight excluding hydrogens is 633 g/mol. The number of anilines is 3. The van der Waals surface area contributed by atoms with Crippen LogP contribution in [0.3, 0.4) is 0 Å². The molecule has 2 heterocycles. The third-order valence-electron chi connectivity index (χ3n) is 10.1. The summed E-state index contributed by atoms with van der Waals surface area (Å²) in [5.41, 5.74) is 12.6. The Bertz CT molecular complexity index is 2910. The first kappa shape index (κ1) is 29.9. The molecule has 0 aliphatic heterocycles. The molecule has 3 nitrogen and oxygen atoms in total. The number of pyridine rings is 1. The van der Waals surface area contributed by atoms with Crippen LogP contribution in [0.4, 0.5) is 17.1 Å². The standard InChI is InChI=1S/C49H32N2O/c1-3-12-33(13-4-1)37-18-11-19-39(31-37)51(46-28-29-50-45-27-26-43-42-20-9-10-21-47(42)52-49(43)48(45)46)40-24-25-41(35-15-5-2-6-16-35)44(32-40)38-23-22-34-14-7-8-17-36(34)30-38/h1-32H. The molecule has 0 saturated carbocycles. The van der Waals surface area contributed by atoms with Gasteiger partial charge in [0.25, 0.3) is 0 Å². The molecule has 0 aliphatic carbocycles. The second-order valence-corrected chi connectivity index (χ2v) is 13.2. The lowest BCUT2D eigenvalue weighted by atomic mass is 9.92. The molecule has 10 aromatic rings. The van der Waals surface area contributed by atoms with Crippen LogP contribution in [0.2, 0.25) is 0 Å². The Morgan fingerprint density at radius 2 is 1.15 bits per heavy atom. The smallest absolute Gasteiger partial charge is 0.146 e. The fourth-order valence-electron chi connectivity index (χ4n) is 7.61. The van der Waals surface area contributed by atoms with Crippen LogP contribution in [-0.2, 0) is 0 Å². The number of hydrogen-bond acceptors (Lipinski definition) is 3. The molecule has 0 atom stereocenters. The van der Waals surface area contributed by atoms with Crippen LogP contribution in [0.25, 0.3) is 77.0 Å². The van der Waals surface area contributed by atoms with Crippen molar-refractivity contribution in [1.82, 2.24) is 4.98 Å². The van der Waals surface area contributed by atoms with Crippen LogP contribution in [-0.4, -0.2) is 4.98 Å². The summed E-state index contributed by atoms with van der Waals surface area (Å²) in [6.45, 7) is 0. The van der Waals surface area contributed by atoms with Gasteiger partial charge >= 0.3 is 0 Å². The maximum atomic E-state index is 6.67. The highest BCUT2D eigenvalue weighted by Gasteiger charge is 2.22. The predicted octanol–water partition coefficient (Wildman–Crippen LogP) is 13.8. The zero-order valence-electron chi connectivity index (χ0n) is 28.3. The molecule has 3 heteroatoms. The highest BCUT2D eigenvalue weighted by atomic mass is 16.3. The minimum atomic E-state index is 0.835. The number of benzene rings is 8. The molecule has 0 radical (unpaired) electrons. The second-order valence-electron chi connectivity index (χ2n) is 13.2. The van der Waals surface area contributed by atoms with Gasteiger partial charge in [-0.3, -0.25) is 4.98 Å². The molecule has 0 aliphatic rings. The van der Waals surface area contributed by atoms with Gasteiger partial charge in [-0.1, -0.05) is 133 Å².